The van der Waals surface area contributed by atoms with Crippen molar-refractivity contribution in [3.63, 3.8) is 0 Å². The van der Waals surface area contributed by atoms with Gasteiger partial charge in [-0.1, -0.05) is 49.4 Å². The fourth-order valence-electron chi connectivity index (χ4n) is 4.67. The number of benzene rings is 3. The summed E-state index contributed by atoms with van der Waals surface area (Å²) < 4.78 is 81.9. The van der Waals surface area contributed by atoms with Gasteiger partial charge in [-0.2, -0.15) is 0 Å². The molecule has 1 saturated heterocycles. The summed E-state index contributed by atoms with van der Waals surface area (Å²) in [5.74, 6) is -12.4. The summed E-state index contributed by atoms with van der Waals surface area (Å²) in [5.41, 5.74) is 0.437. The number of carbonyl (C=O) groups excluding carboxylic acids is 1. The maximum Gasteiger partial charge on any atom is 0.261 e. The maximum atomic E-state index is 14.2. The van der Waals surface area contributed by atoms with E-state index in [9.17, 15) is 31.9 Å². The quantitative estimate of drug-likeness (QED) is 0.0952. The number of aliphatic hydroxyl groups is 1. The zero-order chi connectivity index (χ0) is 30.7. The first kappa shape index (κ1) is 30.6. The number of amides is 1. The van der Waals surface area contributed by atoms with Crippen molar-refractivity contribution in [2.75, 3.05) is 11.1 Å². The number of thioether (sulfide) groups is 1. The molecular formula is C31H25F5N2O4S. The zero-order valence-corrected chi connectivity index (χ0v) is 23.4. The highest BCUT2D eigenvalue weighted by Gasteiger charge is 2.38. The molecule has 0 bridgehead atoms. The number of nitrogens with zero attached hydrogens (tertiary/aromatic N) is 1. The molecule has 1 fully saturated rings. The van der Waals surface area contributed by atoms with Gasteiger partial charge in [0.05, 0.1) is 23.8 Å². The first-order valence-corrected chi connectivity index (χ1v) is 14.1. The first-order valence-electron chi connectivity index (χ1n) is 13.1. The van der Waals surface area contributed by atoms with Crippen LogP contribution in [-0.4, -0.2) is 27.9 Å². The molecule has 3 aromatic carbocycles. The van der Waals surface area contributed by atoms with Crippen LogP contribution in [0.2, 0.25) is 0 Å². The summed E-state index contributed by atoms with van der Waals surface area (Å²) in [6.07, 6.45) is -0.0247. The summed E-state index contributed by atoms with van der Waals surface area (Å²) in [6.45, 7) is 1.88. The van der Waals surface area contributed by atoms with Crippen LogP contribution in [0, 0.1) is 35.0 Å². The van der Waals surface area contributed by atoms with Crippen molar-refractivity contribution in [3.05, 3.63) is 124 Å². The minimum absolute atomic E-state index is 0.0144. The third-order valence-electron chi connectivity index (χ3n) is 7.01. The van der Waals surface area contributed by atoms with Crippen LogP contribution >= 0.6 is 11.8 Å². The lowest BCUT2D eigenvalue weighted by Crippen LogP contribution is -2.38. The number of nitrogens with one attached hydrogen (secondary N) is 1. The summed E-state index contributed by atoms with van der Waals surface area (Å²) in [6, 6.07) is 18.9. The molecule has 0 saturated carbocycles. The fourth-order valence-corrected chi connectivity index (χ4v) is 5.70. The Morgan fingerprint density at radius 2 is 1.58 bits per heavy atom. The molecule has 0 radical (unpaired) electrons. The van der Waals surface area contributed by atoms with Crippen LogP contribution in [-0.2, 0) is 16.1 Å². The predicted molar refractivity (Wildman–Crippen MR) is 149 cm³/mol. The van der Waals surface area contributed by atoms with Gasteiger partial charge >= 0.3 is 0 Å². The van der Waals surface area contributed by atoms with Crippen LogP contribution in [0.25, 0.3) is 0 Å². The van der Waals surface area contributed by atoms with Crippen molar-refractivity contribution in [3.8, 4) is 0 Å². The van der Waals surface area contributed by atoms with E-state index < -0.39 is 53.0 Å². The number of aliphatic hydroxyl groups excluding tert-OH is 1. The van der Waals surface area contributed by atoms with Gasteiger partial charge in [0.1, 0.15) is 5.56 Å². The van der Waals surface area contributed by atoms with Gasteiger partial charge in [-0.25, -0.2) is 26.9 Å². The number of pyridine rings is 1. The normalized spacial score (nSPS) is 20.2. The van der Waals surface area contributed by atoms with Crippen molar-refractivity contribution < 1.29 is 41.3 Å². The molecule has 4 aromatic rings. The molecule has 2 N–H and O–H groups in total. The highest BCUT2D eigenvalue weighted by atomic mass is 32.2. The number of anilines is 1. The van der Waals surface area contributed by atoms with E-state index in [-0.39, 0.29) is 24.3 Å². The van der Waals surface area contributed by atoms with Crippen molar-refractivity contribution in [1.82, 2.24) is 4.98 Å². The molecule has 1 aliphatic rings. The van der Waals surface area contributed by atoms with E-state index in [1.165, 1.54) is 30.0 Å². The number of rotatable bonds is 8. The molecule has 43 heavy (non-hydrogen) atoms. The average molecular weight is 617 g/mol. The fraction of sp³-hybridized carbons (Fsp3) is 0.226. The number of hydrogen-bond donors (Lipinski definition) is 2. The van der Waals surface area contributed by atoms with Gasteiger partial charge in [0.2, 0.25) is 5.82 Å². The van der Waals surface area contributed by atoms with Crippen LogP contribution in [0.1, 0.15) is 46.4 Å². The molecule has 1 aromatic heterocycles. The Labute approximate surface area is 247 Å². The Morgan fingerprint density at radius 3 is 2.23 bits per heavy atom. The van der Waals surface area contributed by atoms with Crippen molar-refractivity contribution in [2.45, 2.75) is 37.1 Å². The lowest BCUT2D eigenvalue weighted by atomic mass is 9.91. The standard InChI is InChI=1S/C31H25F5N2O4S/c1-16-21(15-43-22-7-2-3-12-37-22)41-31(42-29(16)18-10-8-17(14-39)9-11-18)19-5-4-6-20(13-19)38-30(40)23-24(32)26(34)28(36)27(35)25(23)33/h2-13,16,21,29,31,39H,14-15H2,1H3,(H,38,40). The lowest BCUT2D eigenvalue weighted by Gasteiger charge is -2.41. The van der Waals surface area contributed by atoms with Crippen molar-refractivity contribution in [1.29, 1.82) is 0 Å². The van der Waals surface area contributed by atoms with Gasteiger partial charge in [-0.15, -0.1) is 11.8 Å². The average Bonchev–Trinajstić information content (AvgIpc) is 3.03. The molecule has 224 valence electrons. The number of ether oxygens (including phenoxy) is 2. The predicted octanol–water partition coefficient (Wildman–Crippen LogP) is 7.11. The molecule has 12 heteroatoms. The van der Waals surface area contributed by atoms with E-state index >= 15 is 0 Å². The van der Waals surface area contributed by atoms with E-state index in [0.29, 0.717) is 11.3 Å². The molecule has 6 nitrogen and oxygen atoms in total. The summed E-state index contributed by atoms with van der Waals surface area (Å²) in [5, 5.41) is 12.4. The summed E-state index contributed by atoms with van der Waals surface area (Å²) in [7, 11) is 0. The highest BCUT2D eigenvalue weighted by molar-refractivity contribution is 7.99. The first-order chi connectivity index (χ1) is 20.7. The van der Waals surface area contributed by atoms with Gasteiger partial charge in [0.15, 0.2) is 29.6 Å². The van der Waals surface area contributed by atoms with E-state index in [1.54, 1.807) is 24.4 Å². The monoisotopic (exact) mass is 616 g/mol. The molecular weight excluding hydrogens is 591 g/mol. The van der Waals surface area contributed by atoms with Gasteiger partial charge in [-0.3, -0.25) is 4.79 Å². The lowest BCUT2D eigenvalue weighted by molar-refractivity contribution is -0.268. The Hall–Kier alpha value is -3.84. The van der Waals surface area contributed by atoms with Crippen LogP contribution < -0.4 is 5.32 Å². The summed E-state index contributed by atoms with van der Waals surface area (Å²) in [4.78, 5) is 17.0. The zero-order valence-electron chi connectivity index (χ0n) is 22.6. The van der Waals surface area contributed by atoms with E-state index in [1.807, 2.05) is 37.3 Å². The van der Waals surface area contributed by atoms with Gasteiger partial charge < -0.3 is 19.9 Å². The van der Waals surface area contributed by atoms with E-state index in [4.69, 9.17) is 9.47 Å². The van der Waals surface area contributed by atoms with Crippen LogP contribution in [0.4, 0.5) is 27.6 Å². The molecule has 0 spiro atoms. The molecule has 5 rings (SSSR count). The second-order valence-corrected chi connectivity index (χ2v) is 10.9. The van der Waals surface area contributed by atoms with Crippen LogP contribution in [0.15, 0.2) is 78.0 Å². The SMILES string of the molecule is CC1C(CSc2ccccn2)OC(c2cccc(NC(=O)c3c(F)c(F)c(F)c(F)c3F)c2)OC1c1ccc(CO)cc1. The molecule has 2 heterocycles. The number of hydrogen-bond acceptors (Lipinski definition) is 6. The summed E-state index contributed by atoms with van der Waals surface area (Å²) >= 11 is 1.51. The Bertz CT molecular complexity index is 1580. The smallest absolute Gasteiger partial charge is 0.261 e. The number of halogens is 5. The third kappa shape index (κ3) is 6.57. The van der Waals surface area contributed by atoms with Crippen LogP contribution in [0.3, 0.4) is 0 Å². The Kier molecular flexibility index (Phi) is 9.40. The topological polar surface area (TPSA) is 80.7 Å². The molecule has 1 amide bonds. The van der Waals surface area contributed by atoms with Gasteiger partial charge in [-0.05, 0) is 35.4 Å². The molecule has 0 aliphatic carbocycles. The number of carbonyl (C=O) groups is 1. The van der Waals surface area contributed by atoms with E-state index in [2.05, 4.69) is 10.3 Å². The Morgan fingerprint density at radius 1 is 0.884 bits per heavy atom. The Balaban J connectivity index is 1.41. The minimum atomic E-state index is -2.36. The molecule has 4 unspecified atom stereocenters. The van der Waals surface area contributed by atoms with Gasteiger partial charge in [0, 0.05) is 29.1 Å². The second-order valence-electron chi connectivity index (χ2n) is 9.83. The highest BCUT2D eigenvalue weighted by Crippen LogP contribution is 2.43. The van der Waals surface area contributed by atoms with Crippen molar-refractivity contribution >= 4 is 23.4 Å². The van der Waals surface area contributed by atoms with Gasteiger partial charge in [0.25, 0.3) is 5.91 Å². The second kappa shape index (κ2) is 13.2. The third-order valence-corrected chi connectivity index (χ3v) is 8.04. The molecule has 1 aliphatic heterocycles. The molecule has 4 atom stereocenters. The minimum Gasteiger partial charge on any atom is -0.392 e. The van der Waals surface area contributed by atoms with Crippen molar-refractivity contribution in [2.24, 2.45) is 5.92 Å². The largest absolute Gasteiger partial charge is 0.392 e. The maximum absolute atomic E-state index is 14.2. The van der Waals surface area contributed by atoms with Crippen LogP contribution in [0.5, 0.6) is 0 Å². The number of aromatic nitrogens is 1. The van der Waals surface area contributed by atoms with E-state index in [0.717, 1.165) is 16.2 Å².